The average molecular weight is 523 g/mol. The Balaban J connectivity index is 1.48. The van der Waals surface area contributed by atoms with Gasteiger partial charge >= 0.3 is 0 Å². The number of amides is 1. The van der Waals surface area contributed by atoms with Gasteiger partial charge < -0.3 is 24.1 Å². The molecule has 4 aromatic rings. The summed E-state index contributed by atoms with van der Waals surface area (Å²) in [4.78, 5) is 29.9. The molecule has 39 heavy (non-hydrogen) atoms. The standard InChI is InChI=1S/C32H30N2O5/c1-21-7-4-5-8-24(21)20-39-26-16-12-23(13-17-26)30(35)28-29(22-10-14-25(15-11-22)33(2)3)34(32(37)31(28)36)19-27-9-6-18-38-27/h4-18,29,35H,19-20H2,1-3H3/b30-28+/t29-/m1/s1. The zero-order valence-electron chi connectivity index (χ0n) is 22.1. The van der Waals surface area contributed by atoms with Gasteiger partial charge in [0.25, 0.3) is 11.7 Å². The lowest BCUT2D eigenvalue weighted by Crippen LogP contribution is -2.29. The fourth-order valence-electron chi connectivity index (χ4n) is 4.71. The van der Waals surface area contributed by atoms with E-state index in [1.807, 2.05) is 74.4 Å². The Hall–Kier alpha value is -4.78. The van der Waals surface area contributed by atoms with Crippen molar-refractivity contribution in [2.24, 2.45) is 0 Å². The van der Waals surface area contributed by atoms with E-state index in [-0.39, 0.29) is 17.9 Å². The van der Waals surface area contributed by atoms with E-state index in [9.17, 15) is 14.7 Å². The zero-order chi connectivity index (χ0) is 27.5. The molecule has 1 N–H and O–H groups in total. The van der Waals surface area contributed by atoms with E-state index >= 15 is 0 Å². The number of carbonyl (C=O) groups is 2. The first-order valence-corrected chi connectivity index (χ1v) is 12.7. The first-order chi connectivity index (χ1) is 18.8. The van der Waals surface area contributed by atoms with Crippen molar-refractivity contribution in [2.75, 3.05) is 19.0 Å². The second kappa shape index (κ2) is 10.9. The molecule has 0 aliphatic carbocycles. The molecule has 1 fully saturated rings. The van der Waals surface area contributed by atoms with Gasteiger partial charge in [0.2, 0.25) is 0 Å². The highest BCUT2D eigenvalue weighted by molar-refractivity contribution is 6.46. The molecule has 1 atom stereocenters. The number of Topliss-reactive ketones (excluding diaryl/α,β-unsaturated/α-hetero) is 1. The number of ketones is 1. The number of likely N-dealkylation sites (tertiary alicyclic amines) is 1. The second-order valence-corrected chi connectivity index (χ2v) is 9.73. The monoisotopic (exact) mass is 522 g/mol. The fourth-order valence-corrected chi connectivity index (χ4v) is 4.71. The van der Waals surface area contributed by atoms with Gasteiger partial charge in [0.05, 0.1) is 24.4 Å². The summed E-state index contributed by atoms with van der Waals surface area (Å²) < 4.78 is 11.4. The van der Waals surface area contributed by atoms with E-state index in [4.69, 9.17) is 9.15 Å². The van der Waals surface area contributed by atoms with Gasteiger partial charge in [-0.1, -0.05) is 36.4 Å². The lowest BCUT2D eigenvalue weighted by atomic mass is 9.95. The van der Waals surface area contributed by atoms with Crippen molar-refractivity contribution in [3.8, 4) is 5.75 Å². The third-order valence-electron chi connectivity index (χ3n) is 6.95. The molecule has 0 saturated carbocycles. The van der Waals surface area contributed by atoms with Gasteiger partial charge in [0.15, 0.2) is 0 Å². The second-order valence-electron chi connectivity index (χ2n) is 9.73. The zero-order valence-corrected chi connectivity index (χ0v) is 22.1. The molecule has 1 amide bonds. The normalized spacial score (nSPS) is 16.5. The number of ether oxygens (including phenoxy) is 1. The fraction of sp³-hybridized carbons (Fsp3) is 0.188. The van der Waals surface area contributed by atoms with Gasteiger partial charge in [-0.15, -0.1) is 0 Å². The van der Waals surface area contributed by atoms with Crippen LogP contribution < -0.4 is 9.64 Å². The average Bonchev–Trinajstić information content (AvgIpc) is 3.55. The van der Waals surface area contributed by atoms with Crippen molar-refractivity contribution < 1.29 is 23.8 Å². The molecule has 1 aliphatic heterocycles. The number of aryl methyl sites for hydroxylation is 1. The smallest absolute Gasteiger partial charge is 0.296 e. The van der Waals surface area contributed by atoms with Crippen LogP contribution in [0.3, 0.4) is 0 Å². The predicted molar refractivity (Wildman–Crippen MR) is 149 cm³/mol. The summed E-state index contributed by atoms with van der Waals surface area (Å²) in [6, 6.07) is 25.2. The molecule has 2 heterocycles. The molecule has 0 radical (unpaired) electrons. The van der Waals surface area contributed by atoms with Crippen molar-refractivity contribution in [1.82, 2.24) is 4.90 Å². The summed E-state index contributed by atoms with van der Waals surface area (Å²) in [5, 5.41) is 11.4. The van der Waals surface area contributed by atoms with Crippen LogP contribution in [0, 0.1) is 6.92 Å². The number of hydrogen-bond acceptors (Lipinski definition) is 6. The Morgan fingerprint density at radius 1 is 0.949 bits per heavy atom. The number of hydrogen-bond donors (Lipinski definition) is 1. The molecule has 1 aromatic heterocycles. The Kier molecular flexibility index (Phi) is 7.23. The summed E-state index contributed by atoms with van der Waals surface area (Å²) >= 11 is 0. The number of furan rings is 1. The lowest BCUT2D eigenvalue weighted by molar-refractivity contribution is -0.140. The van der Waals surface area contributed by atoms with Crippen molar-refractivity contribution in [3.05, 3.63) is 125 Å². The highest BCUT2D eigenvalue weighted by Gasteiger charge is 2.46. The molecular formula is C32H30N2O5. The van der Waals surface area contributed by atoms with Crippen LogP contribution in [0.2, 0.25) is 0 Å². The predicted octanol–water partition coefficient (Wildman–Crippen LogP) is 5.85. The largest absolute Gasteiger partial charge is 0.507 e. The molecule has 7 nitrogen and oxygen atoms in total. The number of aliphatic hydroxyl groups is 1. The summed E-state index contributed by atoms with van der Waals surface area (Å²) in [5.74, 6) is -0.485. The molecular weight excluding hydrogens is 492 g/mol. The van der Waals surface area contributed by atoms with Gasteiger partial charge in [-0.3, -0.25) is 9.59 Å². The highest BCUT2D eigenvalue weighted by atomic mass is 16.5. The maximum Gasteiger partial charge on any atom is 0.296 e. The Morgan fingerprint density at radius 2 is 1.67 bits per heavy atom. The molecule has 0 bridgehead atoms. The van der Waals surface area contributed by atoms with Crippen LogP contribution >= 0.6 is 0 Å². The topological polar surface area (TPSA) is 83.2 Å². The van der Waals surface area contributed by atoms with E-state index in [0.29, 0.717) is 29.2 Å². The summed E-state index contributed by atoms with van der Waals surface area (Å²) in [6.07, 6.45) is 1.52. The van der Waals surface area contributed by atoms with Gasteiger partial charge in [-0.25, -0.2) is 0 Å². The van der Waals surface area contributed by atoms with Crippen LogP contribution in [0.15, 0.2) is 101 Å². The number of anilines is 1. The van der Waals surface area contributed by atoms with Crippen molar-refractivity contribution >= 4 is 23.1 Å². The van der Waals surface area contributed by atoms with Gasteiger partial charge in [0, 0.05) is 25.3 Å². The minimum atomic E-state index is -0.775. The Morgan fingerprint density at radius 3 is 2.31 bits per heavy atom. The van der Waals surface area contributed by atoms with Crippen LogP contribution in [-0.2, 0) is 22.7 Å². The van der Waals surface area contributed by atoms with E-state index in [1.54, 1.807) is 36.4 Å². The van der Waals surface area contributed by atoms with Crippen molar-refractivity contribution in [3.63, 3.8) is 0 Å². The highest BCUT2D eigenvalue weighted by Crippen LogP contribution is 2.41. The molecule has 0 spiro atoms. The van der Waals surface area contributed by atoms with Crippen LogP contribution in [-0.4, -0.2) is 35.8 Å². The van der Waals surface area contributed by atoms with Crippen LogP contribution in [0.4, 0.5) is 5.69 Å². The number of benzene rings is 3. The van der Waals surface area contributed by atoms with Gasteiger partial charge in [0.1, 0.15) is 23.9 Å². The first-order valence-electron chi connectivity index (χ1n) is 12.7. The van der Waals surface area contributed by atoms with E-state index in [0.717, 1.165) is 16.8 Å². The van der Waals surface area contributed by atoms with E-state index in [2.05, 4.69) is 0 Å². The quantitative estimate of drug-likeness (QED) is 0.177. The molecule has 5 rings (SSSR count). The third kappa shape index (κ3) is 5.29. The van der Waals surface area contributed by atoms with E-state index in [1.165, 1.54) is 11.2 Å². The number of rotatable bonds is 8. The molecule has 1 aliphatic rings. The van der Waals surface area contributed by atoms with Crippen LogP contribution in [0.5, 0.6) is 5.75 Å². The van der Waals surface area contributed by atoms with Crippen molar-refractivity contribution in [1.29, 1.82) is 0 Å². The van der Waals surface area contributed by atoms with Crippen LogP contribution in [0.1, 0.15) is 34.1 Å². The number of nitrogens with zero attached hydrogens (tertiary/aromatic N) is 2. The van der Waals surface area contributed by atoms with Gasteiger partial charge in [-0.2, -0.15) is 0 Å². The van der Waals surface area contributed by atoms with Crippen LogP contribution in [0.25, 0.3) is 5.76 Å². The Bertz CT molecular complexity index is 1500. The first kappa shape index (κ1) is 25.9. The lowest BCUT2D eigenvalue weighted by Gasteiger charge is -2.25. The minimum Gasteiger partial charge on any atom is -0.507 e. The molecule has 0 unspecified atom stereocenters. The molecule has 3 aromatic carbocycles. The summed E-state index contributed by atoms with van der Waals surface area (Å²) in [5.41, 5.74) is 4.38. The maximum absolute atomic E-state index is 13.3. The third-order valence-corrected chi connectivity index (χ3v) is 6.95. The molecule has 7 heteroatoms. The van der Waals surface area contributed by atoms with Crippen molar-refractivity contribution in [2.45, 2.75) is 26.1 Å². The Labute approximate surface area is 227 Å². The molecule has 1 saturated heterocycles. The maximum atomic E-state index is 13.3. The summed E-state index contributed by atoms with van der Waals surface area (Å²) in [6.45, 7) is 2.55. The SMILES string of the molecule is Cc1ccccc1COc1ccc(/C(O)=C2\C(=O)C(=O)N(Cc3ccco3)[C@@H]2c2ccc(N(C)C)cc2)cc1. The minimum absolute atomic E-state index is 0.0396. The van der Waals surface area contributed by atoms with E-state index < -0.39 is 17.7 Å². The molecule has 198 valence electrons. The number of aliphatic hydroxyl groups excluding tert-OH is 1. The number of carbonyl (C=O) groups excluding carboxylic acids is 2. The summed E-state index contributed by atoms with van der Waals surface area (Å²) in [7, 11) is 3.87. The van der Waals surface area contributed by atoms with Gasteiger partial charge in [-0.05, 0) is 72.1 Å².